The number of hydrogen-bond donors (Lipinski definition) is 1. The summed E-state index contributed by atoms with van der Waals surface area (Å²) in [4.78, 5) is 17.5. The minimum absolute atomic E-state index is 0.00590. The zero-order chi connectivity index (χ0) is 14.7. The van der Waals surface area contributed by atoms with Gasteiger partial charge in [-0.25, -0.2) is 0 Å². The van der Waals surface area contributed by atoms with Crippen LogP contribution < -0.4 is 5.32 Å². The Kier molecular flexibility index (Phi) is 4.78. The molecular weight excluding hydrogens is 292 g/mol. The minimum atomic E-state index is 0.00590. The van der Waals surface area contributed by atoms with Gasteiger partial charge in [0, 0.05) is 17.0 Å². The van der Waals surface area contributed by atoms with Gasteiger partial charge in [0.15, 0.2) is 0 Å². The number of rotatable bonds is 4. The van der Waals surface area contributed by atoms with Gasteiger partial charge in [-0.2, -0.15) is 0 Å². The fraction of sp³-hybridized carbons (Fsp3) is 0.333. The van der Waals surface area contributed by atoms with E-state index >= 15 is 0 Å². The number of hydrogen-bond acceptors (Lipinski definition) is 3. The molecule has 0 bridgehead atoms. The Morgan fingerprint density at radius 1 is 1.35 bits per heavy atom. The molecule has 0 fully saturated rings. The van der Waals surface area contributed by atoms with Gasteiger partial charge in [-0.3, -0.25) is 9.78 Å². The van der Waals surface area contributed by atoms with Crippen LogP contribution in [-0.4, -0.2) is 10.9 Å². The fourth-order valence-electron chi connectivity index (χ4n) is 2.14. The van der Waals surface area contributed by atoms with Gasteiger partial charge < -0.3 is 5.32 Å². The molecule has 2 rings (SSSR count). The number of anilines is 1. The van der Waals surface area contributed by atoms with Crippen LogP contribution in [0.4, 0.5) is 5.69 Å². The predicted molar refractivity (Wildman–Crippen MR) is 84.7 cm³/mol. The van der Waals surface area contributed by atoms with Crippen molar-refractivity contribution >= 4 is 34.5 Å². The third kappa shape index (κ3) is 3.81. The average molecular weight is 309 g/mol. The second-order valence-corrected chi connectivity index (χ2v) is 6.59. The number of thiophene rings is 1. The molecule has 0 aromatic carbocycles. The lowest BCUT2D eigenvalue weighted by Gasteiger charge is -2.11. The number of aryl methyl sites for hydroxylation is 4. The number of nitrogens with one attached hydrogen (secondary N) is 1. The largest absolute Gasteiger partial charge is 0.324 e. The van der Waals surface area contributed by atoms with Gasteiger partial charge >= 0.3 is 0 Å². The van der Waals surface area contributed by atoms with Crippen molar-refractivity contribution in [3.05, 3.63) is 44.4 Å². The quantitative estimate of drug-likeness (QED) is 0.915. The maximum atomic E-state index is 12.0. The lowest BCUT2D eigenvalue weighted by Crippen LogP contribution is -2.14. The third-order valence-electron chi connectivity index (χ3n) is 3.02. The summed E-state index contributed by atoms with van der Waals surface area (Å²) in [5.74, 6) is 0.00590. The molecule has 0 atom stereocenters. The molecule has 0 unspecified atom stereocenters. The lowest BCUT2D eigenvalue weighted by molar-refractivity contribution is -0.116. The van der Waals surface area contributed by atoms with Crippen LogP contribution >= 0.6 is 22.9 Å². The highest BCUT2D eigenvalue weighted by Gasteiger charge is 2.10. The van der Waals surface area contributed by atoms with Gasteiger partial charge in [-0.1, -0.05) is 11.6 Å². The van der Waals surface area contributed by atoms with Crippen molar-refractivity contribution in [1.29, 1.82) is 0 Å². The normalized spacial score (nSPS) is 10.6. The Morgan fingerprint density at radius 3 is 2.70 bits per heavy atom. The third-order valence-corrected chi connectivity index (χ3v) is 4.31. The second-order valence-electron chi connectivity index (χ2n) is 4.79. The zero-order valence-electron chi connectivity index (χ0n) is 11.8. The number of carbonyl (C=O) groups excluding carboxylic acids is 1. The van der Waals surface area contributed by atoms with Gasteiger partial charge in [-0.15, -0.1) is 11.3 Å². The van der Waals surface area contributed by atoms with E-state index in [1.807, 2.05) is 39.0 Å². The first-order valence-corrected chi connectivity index (χ1v) is 7.64. The highest BCUT2D eigenvalue weighted by atomic mass is 35.5. The summed E-state index contributed by atoms with van der Waals surface area (Å²) < 4.78 is 0.759. The van der Waals surface area contributed by atoms with Gasteiger partial charge in [0.25, 0.3) is 0 Å². The van der Waals surface area contributed by atoms with Gasteiger partial charge in [-0.05, 0) is 51.0 Å². The Morgan fingerprint density at radius 2 is 2.10 bits per heavy atom. The summed E-state index contributed by atoms with van der Waals surface area (Å²) >= 11 is 7.39. The number of pyridine rings is 1. The molecule has 2 heterocycles. The topological polar surface area (TPSA) is 42.0 Å². The summed E-state index contributed by atoms with van der Waals surface area (Å²) in [6, 6.07) is 5.80. The number of halogens is 1. The molecule has 5 heteroatoms. The number of nitrogens with zero attached hydrogens (tertiary/aromatic N) is 1. The van der Waals surface area contributed by atoms with E-state index in [2.05, 4.69) is 10.3 Å². The van der Waals surface area contributed by atoms with E-state index in [0.29, 0.717) is 12.8 Å². The molecule has 0 saturated carbocycles. The molecule has 1 amide bonds. The maximum Gasteiger partial charge on any atom is 0.224 e. The Labute approximate surface area is 128 Å². The molecule has 0 spiro atoms. The standard InChI is InChI=1S/C15H17ClN2OS/c1-9-8-10(2)17-11(3)15(9)18-14(19)7-5-12-4-6-13(16)20-12/h4,6,8H,5,7H2,1-3H3,(H,18,19). The van der Waals surface area contributed by atoms with Crippen LogP contribution in [0.5, 0.6) is 0 Å². The summed E-state index contributed by atoms with van der Waals surface area (Å²) in [6.07, 6.45) is 1.16. The average Bonchev–Trinajstić information content (AvgIpc) is 2.77. The Balaban J connectivity index is 1.98. The van der Waals surface area contributed by atoms with Gasteiger partial charge in [0.2, 0.25) is 5.91 Å². The van der Waals surface area contributed by atoms with Crippen LogP contribution in [0.2, 0.25) is 4.34 Å². The van der Waals surface area contributed by atoms with Crippen molar-refractivity contribution in [2.75, 3.05) is 5.32 Å². The lowest BCUT2D eigenvalue weighted by atomic mass is 10.1. The van der Waals surface area contributed by atoms with Crippen LogP contribution in [0.3, 0.4) is 0 Å². The van der Waals surface area contributed by atoms with E-state index in [1.165, 1.54) is 11.3 Å². The molecular formula is C15H17ClN2OS. The van der Waals surface area contributed by atoms with E-state index in [0.717, 1.165) is 31.9 Å². The van der Waals surface area contributed by atoms with E-state index in [4.69, 9.17) is 11.6 Å². The second kappa shape index (κ2) is 6.37. The van der Waals surface area contributed by atoms with Crippen molar-refractivity contribution in [3.63, 3.8) is 0 Å². The van der Waals surface area contributed by atoms with E-state index < -0.39 is 0 Å². The fourth-order valence-corrected chi connectivity index (χ4v) is 3.22. The molecule has 0 aliphatic carbocycles. The minimum Gasteiger partial charge on any atom is -0.324 e. The molecule has 3 nitrogen and oxygen atoms in total. The molecule has 0 saturated heterocycles. The first-order chi connectivity index (χ1) is 9.45. The van der Waals surface area contributed by atoms with Crippen LogP contribution in [0.15, 0.2) is 18.2 Å². The highest BCUT2D eigenvalue weighted by Crippen LogP contribution is 2.23. The summed E-state index contributed by atoms with van der Waals surface area (Å²) in [5, 5.41) is 2.95. The first-order valence-electron chi connectivity index (χ1n) is 6.44. The van der Waals surface area contributed by atoms with Crippen molar-refractivity contribution in [1.82, 2.24) is 4.98 Å². The number of aromatic nitrogens is 1. The number of carbonyl (C=O) groups is 1. The molecule has 2 aromatic rings. The molecule has 0 aliphatic heterocycles. The van der Waals surface area contributed by atoms with Crippen molar-refractivity contribution < 1.29 is 4.79 Å². The monoisotopic (exact) mass is 308 g/mol. The van der Waals surface area contributed by atoms with E-state index in [-0.39, 0.29) is 5.91 Å². The SMILES string of the molecule is Cc1cc(C)c(NC(=O)CCc2ccc(Cl)s2)c(C)n1. The molecule has 2 aromatic heterocycles. The number of amides is 1. The summed E-state index contributed by atoms with van der Waals surface area (Å²) in [6.45, 7) is 5.84. The smallest absolute Gasteiger partial charge is 0.224 e. The van der Waals surface area contributed by atoms with E-state index in [9.17, 15) is 4.79 Å². The first kappa shape index (κ1) is 15.0. The molecule has 1 N–H and O–H groups in total. The molecule has 106 valence electrons. The highest BCUT2D eigenvalue weighted by molar-refractivity contribution is 7.16. The van der Waals surface area contributed by atoms with Crippen molar-refractivity contribution in [2.45, 2.75) is 33.6 Å². The zero-order valence-corrected chi connectivity index (χ0v) is 13.4. The molecule has 0 aliphatic rings. The van der Waals surface area contributed by atoms with Crippen LogP contribution in [0, 0.1) is 20.8 Å². The van der Waals surface area contributed by atoms with Crippen LogP contribution in [-0.2, 0) is 11.2 Å². The predicted octanol–water partition coefficient (Wildman–Crippen LogP) is 4.29. The van der Waals surface area contributed by atoms with Crippen molar-refractivity contribution in [3.8, 4) is 0 Å². The van der Waals surface area contributed by atoms with E-state index in [1.54, 1.807) is 0 Å². The van der Waals surface area contributed by atoms with Gasteiger partial charge in [0.05, 0.1) is 15.7 Å². The summed E-state index contributed by atoms with van der Waals surface area (Å²) in [7, 11) is 0. The molecule has 20 heavy (non-hydrogen) atoms. The maximum absolute atomic E-state index is 12.0. The Bertz CT molecular complexity index is 614. The Hall–Kier alpha value is -1.39. The van der Waals surface area contributed by atoms with Crippen LogP contribution in [0.1, 0.15) is 28.2 Å². The van der Waals surface area contributed by atoms with Crippen molar-refractivity contribution in [2.24, 2.45) is 0 Å². The summed E-state index contributed by atoms with van der Waals surface area (Å²) in [5.41, 5.74) is 3.69. The molecule has 0 radical (unpaired) electrons. The van der Waals surface area contributed by atoms with Gasteiger partial charge in [0.1, 0.15) is 0 Å². The van der Waals surface area contributed by atoms with Crippen LogP contribution in [0.25, 0.3) is 0 Å².